The first-order valence-corrected chi connectivity index (χ1v) is 9.93. The van der Waals surface area contributed by atoms with E-state index in [-0.39, 0.29) is 11.1 Å². The van der Waals surface area contributed by atoms with Crippen LogP contribution in [-0.4, -0.2) is 38.9 Å². The Bertz CT molecular complexity index is 846. The molecule has 0 atom stereocenters. The Balaban J connectivity index is 1.75. The number of ether oxygens (including phenoxy) is 2. The predicted molar refractivity (Wildman–Crippen MR) is 109 cm³/mol. The lowest BCUT2D eigenvalue weighted by Gasteiger charge is -2.72. The number of benzene rings is 1. The number of carbonyl (C=O) groups is 2. The smallest absolute Gasteiger partial charge is 0.429 e. The summed E-state index contributed by atoms with van der Waals surface area (Å²) in [6.45, 7) is 10.5. The number of carbonyl (C=O) groups excluding carboxylic acids is 2. The third-order valence-electron chi connectivity index (χ3n) is 5.35. The Labute approximate surface area is 175 Å². The molecule has 1 aromatic carbocycles. The Hall–Kier alpha value is -2.84. The van der Waals surface area contributed by atoms with Gasteiger partial charge in [0.05, 0.1) is 10.5 Å². The summed E-state index contributed by atoms with van der Waals surface area (Å²) >= 11 is 0. The summed E-state index contributed by atoms with van der Waals surface area (Å²) in [4.78, 5) is 35.6. The van der Waals surface area contributed by atoms with Crippen molar-refractivity contribution in [1.82, 2.24) is 10.4 Å². The molecular weight excluding hydrogens is 390 g/mol. The molecule has 0 unspecified atom stereocenters. The number of nitro benzene ring substituents is 1. The molecule has 9 heteroatoms. The van der Waals surface area contributed by atoms with Crippen LogP contribution in [-0.2, 0) is 14.9 Å². The monoisotopic (exact) mass is 419 g/mol. The third-order valence-corrected chi connectivity index (χ3v) is 5.35. The molecule has 3 aliphatic carbocycles. The second kappa shape index (κ2) is 6.85. The molecule has 3 aliphatic rings. The van der Waals surface area contributed by atoms with Crippen LogP contribution in [0.15, 0.2) is 24.3 Å². The van der Waals surface area contributed by atoms with Crippen molar-refractivity contribution in [1.29, 1.82) is 0 Å². The standard InChI is InChI=1S/C21H29N3O6/c1-18(2,3)29-16(25)22-23(17(26)30-19(4,5)6)21-11-20(12-21,13-21)14-7-9-15(10-8-14)24(27)28/h7-10H,11-13H2,1-6H3,(H,22,25). The van der Waals surface area contributed by atoms with Gasteiger partial charge >= 0.3 is 12.2 Å². The van der Waals surface area contributed by atoms with Crippen LogP contribution in [0.3, 0.4) is 0 Å². The molecule has 1 aromatic rings. The van der Waals surface area contributed by atoms with Crippen molar-refractivity contribution in [2.24, 2.45) is 0 Å². The summed E-state index contributed by atoms with van der Waals surface area (Å²) < 4.78 is 10.8. The maximum atomic E-state index is 12.8. The number of rotatable bonds is 3. The van der Waals surface area contributed by atoms with Gasteiger partial charge in [-0.3, -0.25) is 10.1 Å². The summed E-state index contributed by atoms with van der Waals surface area (Å²) in [5.41, 5.74) is 1.49. The van der Waals surface area contributed by atoms with Gasteiger partial charge in [0.25, 0.3) is 5.69 Å². The molecule has 0 saturated heterocycles. The number of nitro groups is 1. The molecule has 4 rings (SSSR count). The summed E-state index contributed by atoms with van der Waals surface area (Å²) in [5, 5.41) is 12.1. The zero-order chi connectivity index (χ0) is 22.5. The first-order chi connectivity index (χ1) is 13.6. The van der Waals surface area contributed by atoms with Crippen molar-refractivity contribution in [3.8, 4) is 0 Å². The van der Waals surface area contributed by atoms with Gasteiger partial charge in [0.15, 0.2) is 0 Å². The molecule has 9 nitrogen and oxygen atoms in total. The summed E-state index contributed by atoms with van der Waals surface area (Å²) in [6.07, 6.45) is 0.542. The Morgan fingerprint density at radius 2 is 1.50 bits per heavy atom. The average Bonchev–Trinajstić information content (AvgIpc) is 2.48. The van der Waals surface area contributed by atoms with Gasteiger partial charge < -0.3 is 9.47 Å². The molecule has 0 heterocycles. The van der Waals surface area contributed by atoms with E-state index in [2.05, 4.69) is 5.43 Å². The van der Waals surface area contributed by atoms with E-state index in [9.17, 15) is 19.7 Å². The minimum Gasteiger partial charge on any atom is -0.443 e. The SMILES string of the molecule is CC(C)(C)OC(=O)NN(C(=O)OC(C)(C)C)C12CC(c3ccc([N+](=O)[O-])cc3)(C1)C2. The molecule has 0 aromatic heterocycles. The maximum absolute atomic E-state index is 12.8. The van der Waals surface area contributed by atoms with Gasteiger partial charge in [-0.15, -0.1) is 0 Å². The second-order valence-electron chi connectivity index (χ2n) is 10.3. The van der Waals surface area contributed by atoms with Crippen molar-refractivity contribution in [3.05, 3.63) is 39.9 Å². The van der Waals surface area contributed by atoms with Crippen LogP contribution in [0, 0.1) is 10.1 Å². The van der Waals surface area contributed by atoms with Crippen LogP contribution < -0.4 is 5.43 Å². The molecule has 1 N–H and O–H groups in total. The molecule has 2 bridgehead atoms. The van der Waals surface area contributed by atoms with E-state index in [1.165, 1.54) is 17.1 Å². The van der Waals surface area contributed by atoms with Crippen LogP contribution in [0.4, 0.5) is 15.3 Å². The minimum atomic E-state index is -0.720. The van der Waals surface area contributed by atoms with Gasteiger partial charge in [-0.2, -0.15) is 0 Å². The van der Waals surface area contributed by atoms with Crippen LogP contribution in [0.5, 0.6) is 0 Å². The molecule has 0 spiro atoms. The molecule has 3 fully saturated rings. The summed E-state index contributed by atoms with van der Waals surface area (Å²) in [7, 11) is 0. The highest BCUT2D eigenvalue weighted by Crippen LogP contribution is 2.70. The van der Waals surface area contributed by atoms with Crippen LogP contribution >= 0.6 is 0 Å². The third kappa shape index (κ3) is 4.20. The first-order valence-electron chi connectivity index (χ1n) is 9.93. The Kier molecular flexibility index (Phi) is 4.99. The van der Waals surface area contributed by atoms with Gasteiger partial charge in [0.2, 0.25) is 0 Å². The number of nitrogens with zero attached hydrogens (tertiary/aromatic N) is 2. The van der Waals surface area contributed by atoms with Crippen LogP contribution in [0.2, 0.25) is 0 Å². The zero-order valence-electron chi connectivity index (χ0n) is 18.3. The highest BCUT2D eigenvalue weighted by Gasteiger charge is 2.73. The topological polar surface area (TPSA) is 111 Å². The lowest BCUT2D eigenvalue weighted by atomic mass is 9.37. The van der Waals surface area contributed by atoms with E-state index in [4.69, 9.17) is 9.47 Å². The van der Waals surface area contributed by atoms with Crippen molar-refractivity contribution < 1.29 is 24.0 Å². The van der Waals surface area contributed by atoms with E-state index in [1.54, 1.807) is 53.7 Å². The van der Waals surface area contributed by atoms with Gasteiger partial charge in [0, 0.05) is 17.5 Å². The fourth-order valence-electron chi connectivity index (χ4n) is 4.27. The highest BCUT2D eigenvalue weighted by atomic mass is 16.6. The number of hydrogen-bond acceptors (Lipinski definition) is 6. The lowest BCUT2D eigenvalue weighted by molar-refractivity contribution is -0.384. The minimum absolute atomic E-state index is 0.0436. The molecular formula is C21H29N3O6. The molecule has 30 heavy (non-hydrogen) atoms. The molecule has 164 valence electrons. The molecule has 0 radical (unpaired) electrons. The fraction of sp³-hybridized carbons (Fsp3) is 0.619. The van der Waals surface area contributed by atoms with Crippen LogP contribution in [0.25, 0.3) is 0 Å². The molecule has 0 aliphatic heterocycles. The van der Waals surface area contributed by atoms with E-state index in [0.29, 0.717) is 19.3 Å². The van der Waals surface area contributed by atoms with E-state index >= 15 is 0 Å². The van der Waals surface area contributed by atoms with Gasteiger partial charge in [-0.05, 0) is 66.4 Å². The van der Waals surface area contributed by atoms with Crippen molar-refractivity contribution in [2.45, 2.75) is 83.0 Å². The number of hydrogen-bond donors (Lipinski definition) is 1. The van der Waals surface area contributed by atoms with Crippen LogP contribution in [0.1, 0.15) is 66.4 Å². The fourth-order valence-corrected chi connectivity index (χ4v) is 4.27. The summed E-state index contributed by atoms with van der Waals surface area (Å²) in [6, 6.07) is 6.51. The quantitative estimate of drug-likeness (QED) is 0.572. The average molecular weight is 419 g/mol. The number of amides is 2. The number of nitrogens with one attached hydrogen (secondary N) is 1. The van der Waals surface area contributed by atoms with Crippen molar-refractivity contribution in [2.75, 3.05) is 0 Å². The number of non-ortho nitro benzene ring substituents is 1. The highest BCUT2D eigenvalue weighted by molar-refractivity contribution is 5.76. The van der Waals surface area contributed by atoms with E-state index in [0.717, 1.165) is 5.56 Å². The Morgan fingerprint density at radius 1 is 1.00 bits per heavy atom. The number of hydrazine groups is 1. The first kappa shape index (κ1) is 21.9. The largest absolute Gasteiger partial charge is 0.443 e. The lowest BCUT2D eigenvalue weighted by Crippen LogP contribution is -2.80. The van der Waals surface area contributed by atoms with Gasteiger partial charge in [-0.25, -0.2) is 20.0 Å². The molecule has 3 saturated carbocycles. The van der Waals surface area contributed by atoms with E-state index < -0.39 is 33.9 Å². The van der Waals surface area contributed by atoms with Crippen molar-refractivity contribution >= 4 is 17.9 Å². The molecule has 2 amide bonds. The van der Waals surface area contributed by atoms with Gasteiger partial charge in [-0.1, -0.05) is 12.1 Å². The predicted octanol–water partition coefficient (Wildman–Crippen LogP) is 4.45. The van der Waals surface area contributed by atoms with Crippen molar-refractivity contribution in [3.63, 3.8) is 0 Å². The zero-order valence-corrected chi connectivity index (χ0v) is 18.3. The second-order valence-corrected chi connectivity index (χ2v) is 10.3. The van der Waals surface area contributed by atoms with E-state index in [1.807, 2.05) is 0 Å². The summed E-state index contributed by atoms with van der Waals surface area (Å²) in [5.74, 6) is 0. The maximum Gasteiger partial charge on any atom is 0.429 e. The Morgan fingerprint density at radius 3 is 1.93 bits per heavy atom. The normalized spacial score (nSPS) is 24.7. The van der Waals surface area contributed by atoms with Gasteiger partial charge in [0.1, 0.15) is 11.2 Å².